The Labute approximate surface area is 161 Å². The quantitative estimate of drug-likeness (QED) is 0.676. The predicted octanol–water partition coefficient (Wildman–Crippen LogP) is 4.44. The minimum Gasteiger partial charge on any atom is -0.410 e. The molecule has 0 N–H and O–H groups in total. The first-order valence-electron chi connectivity index (χ1n) is 8.47. The molecule has 0 saturated carbocycles. The number of anilines is 1. The summed E-state index contributed by atoms with van der Waals surface area (Å²) in [5.41, 5.74) is -1.73. The highest BCUT2D eigenvalue weighted by Crippen LogP contribution is 2.35. The fourth-order valence-corrected chi connectivity index (χ4v) is 2.85. The molecule has 0 bridgehead atoms. The summed E-state index contributed by atoms with van der Waals surface area (Å²) in [6, 6.07) is 5.78. The van der Waals surface area contributed by atoms with Gasteiger partial charge in [-0.25, -0.2) is 9.78 Å². The van der Waals surface area contributed by atoms with E-state index in [9.17, 15) is 31.1 Å². The lowest BCUT2D eigenvalue weighted by atomic mass is 10.2. The lowest BCUT2D eigenvalue weighted by molar-refractivity contribution is -0.138. The Kier molecular flexibility index (Phi) is 5.58. The van der Waals surface area contributed by atoms with Gasteiger partial charge >= 0.3 is 18.4 Å². The third-order valence-corrected chi connectivity index (χ3v) is 4.32. The van der Waals surface area contributed by atoms with E-state index in [-0.39, 0.29) is 37.7 Å². The fraction of sp³-hybridized carbons (Fsp3) is 0.333. The molecular formula is C18H15F6N3O2. The summed E-state index contributed by atoms with van der Waals surface area (Å²) in [6.45, 7) is 0.352. The van der Waals surface area contributed by atoms with E-state index in [0.29, 0.717) is 0 Å². The van der Waals surface area contributed by atoms with Gasteiger partial charge in [0.2, 0.25) is 0 Å². The number of benzene rings is 1. The molecule has 3 rings (SSSR count). The summed E-state index contributed by atoms with van der Waals surface area (Å²) >= 11 is 0. The SMILES string of the molecule is O=C(Oc1ccc(C(F)(F)F)cc1)N1CCN(c2ncccc2C(F)(F)F)CC1. The average molecular weight is 419 g/mol. The number of halogens is 6. The van der Waals surface area contributed by atoms with Crippen LogP contribution in [0.3, 0.4) is 0 Å². The molecule has 1 aliphatic heterocycles. The number of aromatic nitrogens is 1. The number of amides is 1. The number of nitrogens with zero attached hydrogens (tertiary/aromatic N) is 3. The van der Waals surface area contributed by atoms with Crippen LogP contribution < -0.4 is 9.64 Å². The zero-order chi connectivity index (χ0) is 21.2. The van der Waals surface area contributed by atoms with Crippen molar-refractivity contribution in [2.75, 3.05) is 31.1 Å². The van der Waals surface area contributed by atoms with Gasteiger partial charge in [0.05, 0.1) is 11.1 Å². The Bertz CT molecular complexity index is 859. The lowest BCUT2D eigenvalue weighted by Gasteiger charge is -2.35. The van der Waals surface area contributed by atoms with Crippen LogP contribution in [0.25, 0.3) is 0 Å². The molecule has 156 valence electrons. The highest BCUT2D eigenvalue weighted by molar-refractivity contribution is 5.71. The fourth-order valence-electron chi connectivity index (χ4n) is 2.85. The molecule has 1 saturated heterocycles. The van der Waals surface area contributed by atoms with E-state index in [4.69, 9.17) is 4.74 Å². The Morgan fingerprint density at radius 1 is 0.897 bits per heavy atom. The van der Waals surface area contributed by atoms with Crippen molar-refractivity contribution in [3.05, 3.63) is 53.7 Å². The van der Waals surface area contributed by atoms with Crippen LogP contribution in [0.2, 0.25) is 0 Å². The molecule has 11 heteroatoms. The van der Waals surface area contributed by atoms with Crippen LogP contribution >= 0.6 is 0 Å². The topological polar surface area (TPSA) is 45.7 Å². The molecule has 1 aromatic carbocycles. The molecule has 29 heavy (non-hydrogen) atoms. The maximum Gasteiger partial charge on any atom is 0.419 e. The number of hydrogen-bond donors (Lipinski definition) is 0. The Balaban J connectivity index is 1.61. The molecule has 1 fully saturated rings. The number of ether oxygens (including phenoxy) is 1. The second-order valence-electron chi connectivity index (χ2n) is 6.24. The molecule has 0 spiro atoms. The van der Waals surface area contributed by atoms with Gasteiger partial charge in [-0.2, -0.15) is 26.3 Å². The highest BCUT2D eigenvalue weighted by Gasteiger charge is 2.36. The van der Waals surface area contributed by atoms with E-state index in [1.54, 1.807) is 0 Å². The third-order valence-electron chi connectivity index (χ3n) is 4.32. The number of hydrogen-bond acceptors (Lipinski definition) is 4. The van der Waals surface area contributed by atoms with Gasteiger partial charge in [-0.15, -0.1) is 0 Å². The Morgan fingerprint density at radius 3 is 2.07 bits per heavy atom. The molecule has 5 nitrogen and oxygen atoms in total. The third kappa shape index (κ3) is 4.90. The van der Waals surface area contributed by atoms with Crippen molar-refractivity contribution < 1.29 is 35.9 Å². The van der Waals surface area contributed by atoms with Gasteiger partial charge in [0.15, 0.2) is 0 Å². The Hall–Kier alpha value is -2.98. The molecule has 2 aromatic rings. The van der Waals surface area contributed by atoms with Crippen LogP contribution in [0.1, 0.15) is 11.1 Å². The molecule has 0 unspecified atom stereocenters. The smallest absolute Gasteiger partial charge is 0.410 e. The van der Waals surface area contributed by atoms with Crippen molar-refractivity contribution in [1.29, 1.82) is 0 Å². The minimum absolute atomic E-state index is 0.0606. The first kappa shape index (κ1) is 20.7. The van der Waals surface area contributed by atoms with Crippen molar-refractivity contribution in [2.24, 2.45) is 0 Å². The number of carbonyl (C=O) groups is 1. The van der Waals surface area contributed by atoms with Gasteiger partial charge < -0.3 is 14.5 Å². The standard InChI is InChI=1S/C18H15F6N3O2/c19-17(20,21)12-3-5-13(6-4-12)29-16(28)27-10-8-26(9-11-27)15-14(18(22,23)24)2-1-7-25-15/h1-7H,8-11H2. The number of pyridine rings is 1. The van der Waals surface area contributed by atoms with Crippen molar-refractivity contribution in [3.8, 4) is 5.75 Å². The first-order valence-corrected chi connectivity index (χ1v) is 8.47. The highest BCUT2D eigenvalue weighted by atomic mass is 19.4. The predicted molar refractivity (Wildman–Crippen MR) is 90.5 cm³/mol. The Morgan fingerprint density at radius 2 is 1.52 bits per heavy atom. The maximum atomic E-state index is 13.1. The molecule has 1 amide bonds. The van der Waals surface area contributed by atoms with Crippen LogP contribution in [-0.4, -0.2) is 42.2 Å². The van der Waals surface area contributed by atoms with Crippen LogP contribution in [0, 0.1) is 0 Å². The zero-order valence-electron chi connectivity index (χ0n) is 14.8. The van der Waals surface area contributed by atoms with E-state index in [0.717, 1.165) is 30.3 Å². The largest absolute Gasteiger partial charge is 0.419 e. The summed E-state index contributed by atoms with van der Waals surface area (Å²) < 4.78 is 82.1. The van der Waals surface area contributed by atoms with E-state index in [1.165, 1.54) is 22.1 Å². The van der Waals surface area contributed by atoms with Gasteiger partial charge in [-0.05, 0) is 36.4 Å². The lowest BCUT2D eigenvalue weighted by Crippen LogP contribution is -2.50. The van der Waals surface area contributed by atoms with Crippen molar-refractivity contribution in [1.82, 2.24) is 9.88 Å². The number of carbonyl (C=O) groups excluding carboxylic acids is 1. The molecular weight excluding hydrogens is 404 g/mol. The van der Waals surface area contributed by atoms with Crippen LogP contribution in [0.4, 0.5) is 37.0 Å². The molecule has 1 aromatic heterocycles. The van der Waals surface area contributed by atoms with Gasteiger partial charge in [-0.1, -0.05) is 0 Å². The van der Waals surface area contributed by atoms with Crippen LogP contribution in [-0.2, 0) is 12.4 Å². The maximum absolute atomic E-state index is 13.1. The summed E-state index contributed by atoms with van der Waals surface area (Å²) in [5.74, 6) is -0.273. The summed E-state index contributed by atoms with van der Waals surface area (Å²) in [4.78, 5) is 18.7. The van der Waals surface area contributed by atoms with Gasteiger partial charge in [0.25, 0.3) is 0 Å². The normalized spacial score (nSPS) is 15.4. The van der Waals surface area contributed by atoms with E-state index in [2.05, 4.69) is 4.98 Å². The summed E-state index contributed by atoms with van der Waals surface area (Å²) in [6.07, 6.45) is -8.58. The van der Waals surface area contributed by atoms with Gasteiger partial charge in [0.1, 0.15) is 11.6 Å². The number of rotatable bonds is 2. The van der Waals surface area contributed by atoms with Crippen LogP contribution in [0.15, 0.2) is 42.6 Å². The number of piperazine rings is 1. The summed E-state index contributed by atoms with van der Waals surface area (Å²) in [7, 11) is 0. The van der Waals surface area contributed by atoms with Crippen LogP contribution in [0.5, 0.6) is 5.75 Å². The zero-order valence-corrected chi connectivity index (χ0v) is 14.8. The first-order chi connectivity index (χ1) is 13.6. The molecule has 0 aliphatic carbocycles. The minimum atomic E-state index is -4.55. The second-order valence-corrected chi connectivity index (χ2v) is 6.24. The average Bonchev–Trinajstić information content (AvgIpc) is 2.67. The van der Waals surface area contributed by atoms with Crippen molar-refractivity contribution >= 4 is 11.9 Å². The molecule has 2 heterocycles. The summed E-state index contributed by atoms with van der Waals surface area (Å²) in [5, 5.41) is 0. The van der Waals surface area contributed by atoms with E-state index in [1.807, 2.05) is 0 Å². The second kappa shape index (κ2) is 7.80. The van der Waals surface area contributed by atoms with Gasteiger partial charge in [-0.3, -0.25) is 0 Å². The van der Waals surface area contributed by atoms with E-state index >= 15 is 0 Å². The monoisotopic (exact) mass is 419 g/mol. The molecule has 0 atom stereocenters. The van der Waals surface area contributed by atoms with Gasteiger partial charge in [0, 0.05) is 32.4 Å². The van der Waals surface area contributed by atoms with E-state index < -0.39 is 29.6 Å². The van der Waals surface area contributed by atoms with Crippen molar-refractivity contribution in [2.45, 2.75) is 12.4 Å². The molecule has 1 aliphatic rings. The molecule has 0 radical (unpaired) electrons. The van der Waals surface area contributed by atoms with Crippen molar-refractivity contribution in [3.63, 3.8) is 0 Å². The number of alkyl halides is 6.